The van der Waals surface area contributed by atoms with Crippen LogP contribution >= 0.6 is 0 Å². The minimum atomic E-state index is 0.863. The Morgan fingerprint density at radius 3 is 2.63 bits per heavy atom. The first-order chi connectivity index (χ1) is 9.15. The Balaban J connectivity index is 1.84. The van der Waals surface area contributed by atoms with E-state index in [0.29, 0.717) is 0 Å². The van der Waals surface area contributed by atoms with Gasteiger partial charge in [0.1, 0.15) is 0 Å². The molecule has 0 spiro atoms. The van der Waals surface area contributed by atoms with Crippen LogP contribution in [-0.2, 0) is 0 Å². The Morgan fingerprint density at radius 1 is 1.26 bits per heavy atom. The highest BCUT2D eigenvalue weighted by Gasteiger charge is 2.14. The van der Waals surface area contributed by atoms with Crippen LogP contribution in [0.15, 0.2) is 30.3 Å². The zero-order valence-electron chi connectivity index (χ0n) is 12.5. The Morgan fingerprint density at radius 2 is 2.00 bits per heavy atom. The summed E-state index contributed by atoms with van der Waals surface area (Å²) in [6.45, 7) is 5.95. The molecule has 1 heterocycles. The summed E-state index contributed by atoms with van der Waals surface area (Å²) in [7, 11) is 4.14. The fourth-order valence-corrected chi connectivity index (χ4v) is 2.67. The highest BCUT2D eigenvalue weighted by molar-refractivity contribution is 5.55. The van der Waals surface area contributed by atoms with Gasteiger partial charge in [-0.05, 0) is 43.0 Å². The molecule has 1 aromatic rings. The van der Waals surface area contributed by atoms with Gasteiger partial charge in [-0.25, -0.2) is 0 Å². The van der Waals surface area contributed by atoms with E-state index in [-0.39, 0.29) is 0 Å². The third-order valence-corrected chi connectivity index (χ3v) is 3.82. The molecule has 1 atom stereocenters. The summed E-state index contributed by atoms with van der Waals surface area (Å²) >= 11 is 0. The number of rotatable bonds is 4. The minimum Gasteiger partial charge on any atom is -0.378 e. The van der Waals surface area contributed by atoms with Gasteiger partial charge < -0.3 is 4.90 Å². The Hall–Kier alpha value is -1.28. The van der Waals surface area contributed by atoms with E-state index in [4.69, 9.17) is 0 Å². The summed E-state index contributed by atoms with van der Waals surface area (Å²) in [5.74, 6) is 0.863. The van der Waals surface area contributed by atoms with E-state index in [9.17, 15) is 0 Å². The molecule has 2 rings (SSSR count). The molecule has 2 nitrogen and oxygen atoms in total. The number of anilines is 1. The number of likely N-dealkylation sites (tertiary alicyclic amines) is 1. The molecule has 0 aromatic heterocycles. The van der Waals surface area contributed by atoms with Crippen LogP contribution in [0, 0.1) is 5.92 Å². The van der Waals surface area contributed by atoms with Crippen LogP contribution in [0.1, 0.15) is 25.3 Å². The van der Waals surface area contributed by atoms with Crippen molar-refractivity contribution in [2.75, 3.05) is 38.6 Å². The monoisotopic (exact) mass is 258 g/mol. The van der Waals surface area contributed by atoms with Crippen molar-refractivity contribution in [2.24, 2.45) is 5.92 Å². The van der Waals surface area contributed by atoms with Crippen molar-refractivity contribution in [1.29, 1.82) is 0 Å². The lowest BCUT2D eigenvalue weighted by Gasteiger charge is -2.29. The topological polar surface area (TPSA) is 6.48 Å². The van der Waals surface area contributed by atoms with Crippen molar-refractivity contribution >= 4 is 11.8 Å². The highest BCUT2D eigenvalue weighted by atomic mass is 15.1. The normalized spacial score (nSPS) is 20.9. The van der Waals surface area contributed by atoms with Gasteiger partial charge in [0.05, 0.1) is 0 Å². The quantitative estimate of drug-likeness (QED) is 0.815. The van der Waals surface area contributed by atoms with Crippen molar-refractivity contribution in [3.63, 3.8) is 0 Å². The van der Waals surface area contributed by atoms with Gasteiger partial charge in [-0.2, -0.15) is 0 Å². The molecule has 0 unspecified atom stereocenters. The van der Waals surface area contributed by atoms with Gasteiger partial charge in [-0.15, -0.1) is 0 Å². The largest absolute Gasteiger partial charge is 0.378 e. The molecule has 104 valence electrons. The van der Waals surface area contributed by atoms with Crippen LogP contribution in [0.3, 0.4) is 0 Å². The van der Waals surface area contributed by atoms with E-state index in [1.165, 1.54) is 37.2 Å². The molecule has 1 fully saturated rings. The first kappa shape index (κ1) is 14.1. The third kappa shape index (κ3) is 4.39. The average molecular weight is 258 g/mol. The van der Waals surface area contributed by atoms with Crippen molar-refractivity contribution < 1.29 is 0 Å². The zero-order valence-corrected chi connectivity index (χ0v) is 12.5. The molecule has 1 aliphatic heterocycles. The summed E-state index contributed by atoms with van der Waals surface area (Å²) in [5, 5.41) is 0. The van der Waals surface area contributed by atoms with Gasteiger partial charge in [0.15, 0.2) is 0 Å². The Kier molecular flexibility index (Phi) is 5.03. The number of nitrogens with zero attached hydrogens (tertiary/aromatic N) is 2. The molecular formula is C17H26N2. The van der Waals surface area contributed by atoms with Gasteiger partial charge >= 0.3 is 0 Å². The number of hydrogen-bond acceptors (Lipinski definition) is 2. The predicted octanol–water partition coefficient (Wildman–Crippen LogP) is 3.50. The van der Waals surface area contributed by atoms with Crippen LogP contribution in [-0.4, -0.2) is 38.6 Å². The first-order valence-corrected chi connectivity index (χ1v) is 7.31. The number of hydrogen-bond donors (Lipinski definition) is 0. The number of piperidine rings is 1. The fraction of sp³-hybridized carbons (Fsp3) is 0.529. The van der Waals surface area contributed by atoms with Gasteiger partial charge in [0.2, 0.25) is 0 Å². The molecule has 0 aliphatic carbocycles. The van der Waals surface area contributed by atoms with Crippen LogP contribution in [0.5, 0.6) is 0 Å². The maximum Gasteiger partial charge on any atom is 0.0361 e. The van der Waals surface area contributed by atoms with E-state index >= 15 is 0 Å². The molecule has 0 radical (unpaired) electrons. The minimum absolute atomic E-state index is 0.863. The average Bonchev–Trinajstić information content (AvgIpc) is 2.39. The Labute approximate surface area is 117 Å². The van der Waals surface area contributed by atoms with E-state index in [0.717, 1.165) is 12.5 Å². The second-order valence-corrected chi connectivity index (χ2v) is 5.90. The van der Waals surface area contributed by atoms with Crippen LogP contribution in [0.25, 0.3) is 6.08 Å². The van der Waals surface area contributed by atoms with E-state index < -0.39 is 0 Å². The van der Waals surface area contributed by atoms with Crippen LogP contribution in [0.2, 0.25) is 0 Å². The second-order valence-electron chi connectivity index (χ2n) is 5.90. The maximum absolute atomic E-state index is 2.55. The molecular weight excluding hydrogens is 232 g/mol. The highest BCUT2D eigenvalue weighted by Crippen LogP contribution is 2.16. The van der Waals surface area contributed by atoms with Crippen LogP contribution < -0.4 is 4.90 Å². The molecule has 1 aliphatic rings. The first-order valence-electron chi connectivity index (χ1n) is 7.31. The summed E-state index contributed by atoms with van der Waals surface area (Å²) < 4.78 is 0. The molecule has 1 saturated heterocycles. The summed E-state index contributed by atoms with van der Waals surface area (Å²) in [6.07, 6.45) is 7.28. The lowest BCUT2D eigenvalue weighted by molar-refractivity contribution is 0.202. The standard InChI is InChI=1S/C17H26N2/c1-15-6-4-12-19(14-15)13-5-7-16-8-10-17(11-9-16)18(2)3/h5,7-11,15H,4,6,12-14H2,1-3H3/t15-/m1/s1. The lowest BCUT2D eigenvalue weighted by Crippen LogP contribution is -2.34. The van der Waals surface area contributed by atoms with E-state index in [1.807, 2.05) is 0 Å². The van der Waals surface area contributed by atoms with Crippen molar-refractivity contribution in [3.05, 3.63) is 35.9 Å². The third-order valence-electron chi connectivity index (χ3n) is 3.82. The molecule has 0 bridgehead atoms. The number of benzene rings is 1. The summed E-state index contributed by atoms with van der Waals surface area (Å²) in [6, 6.07) is 8.71. The molecule has 1 aromatic carbocycles. The molecule has 0 amide bonds. The van der Waals surface area contributed by atoms with Gasteiger partial charge in [0, 0.05) is 32.9 Å². The molecule has 0 saturated carbocycles. The predicted molar refractivity (Wildman–Crippen MR) is 84.6 cm³/mol. The smallest absolute Gasteiger partial charge is 0.0361 e. The summed E-state index contributed by atoms with van der Waals surface area (Å²) in [5.41, 5.74) is 2.54. The zero-order chi connectivity index (χ0) is 13.7. The second kappa shape index (κ2) is 6.76. The van der Waals surface area contributed by atoms with E-state index in [1.54, 1.807) is 0 Å². The molecule has 0 N–H and O–H groups in total. The van der Waals surface area contributed by atoms with E-state index in [2.05, 4.69) is 67.2 Å². The molecule has 19 heavy (non-hydrogen) atoms. The van der Waals surface area contributed by atoms with Crippen molar-refractivity contribution in [3.8, 4) is 0 Å². The fourth-order valence-electron chi connectivity index (χ4n) is 2.67. The SMILES string of the molecule is C[C@@H]1CCCN(CC=Cc2ccc(N(C)C)cc2)C1. The van der Waals surface area contributed by atoms with Crippen LogP contribution in [0.4, 0.5) is 5.69 Å². The lowest BCUT2D eigenvalue weighted by atomic mass is 10.0. The summed E-state index contributed by atoms with van der Waals surface area (Å²) in [4.78, 5) is 4.68. The maximum atomic E-state index is 2.55. The molecule has 2 heteroatoms. The van der Waals surface area contributed by atoms with Gasteiger partial charge in [0.25, 0.3) is 0 Å². The van der Waals surface area contributed by atoms with Crippen molar-refractivity contribution in [2.45, 2.75) is 19.8 Å². The Bertz CT molecular complexity index is 406. The van der Waals surface area contributed by atoms with Gasteiger partial charge in [-0.3, -0.25) is 4.90 Å². The van der Waals surface area contributed by atoms with Gasteiger partial charge in [-0.1, -0.05) is 31.2 Å². The van der Waals surface area contributed by atoms with Crippen molar-refractivity contribution in [1.82, 2.24) is 4.90 Å².